The van der Waals surface area contributed by atoms with E-state index in [0.29, 0.717) is 5.33 Å². The zero-order valence-electron chi connectivity index (χ0n) is 13.0. The Morgan fingerprint density at radius 3 is 2.27 bits per heavy atom. The lowest BCUT2D eigenvalue weighted by molar-refractivity contribution is -0.147. The molecule has 1 heterocycles. The van der Waals surface area contributed by atoms with Gasteiger partial charge in [-0.3, -0.25) is 4.79 Å². The number of ether oxygens (including phenoxy) is 1. The second-order valence-corrected chi connectivity index (χ2v) is 9.42. The predicted molar refractivity (Wildman–Crippen MR) is 88.6 cm³/mol. The van der Waals surface area contributed by atoms with Crippen LogP contribution >= 0.6 is 15.9 Å². The fourth-order valence-corrected chi connectivity index (χ4v) is 5.26. The Labute approximate surface area is 140 Å². The van der Waals surface area contributed by atoms with Crippen LogP contribution in [0.2, 0.25) is 0 Å². The summed E-state index contributed by atoms with van der Waals surface area (Å²) in [5, 5.41) is 0.537. The van der Waals surface area contributed by atoms with Crippen LogP contribution in [0.5, 0.6) is 0 Å². The molecule has 0 bridgehead atoms. The quantitative estimate of drug-likeness (QED) is 0.587. The fourth-order valence-electron chi connectivity index (χ4n) is 2.85. The molecule has 1 aromatic carbocycles. The summed E-state index contributed by atoms with van der Waals surface area (Å²) >= 11 is 3.41. The van der Waals surface area contributed by atoms with E-state index in [0.717, 1.165) is 0 Å². The van der Waals surface area contributed by atoms with Crippen molar-refractivity contribution < 1.29 is 17.9 Å². The van der Waals surface area contributed by atoms with E-state index in [1.54, 1.807) is 30.3 Å². The van der Waals surface area contributed by atoms with Crippen molar-refractivity contribution >= 4 is 31.7 Å². The normalized spacial score (nSPS) is 26.0. The first kappa shape index (κ1) is 17.5. The number of cyclic esters (lactones) is 1. The van der Waals surface area contributed by atoms with Crippen molar-refractivity contribution in [1.82, 2.24) is 0 Å². The summed E-state index contributed by atoms with van der Waals surface area (Å²) in [5.74, 6) is -1.40. The fraction of sp³-hybridized carbons (Fsp3) is 0.562. The Morgan fingerprint density at radius 2 is 1.77 bits per heavy atom. The number of hydrogen-bond acceptors (Lipinski definition) is 4. The van der Waals surface area contributed by atoms with Crippen molar-refractivity contribution in [3.63, 3.8) is 0 Å². The average Bonchev–Trinajstić information content (AvgIpc) is 2.76. The Hall–Kier alpha value is -0.880. The molecule has 0 spiro atoms. The number of halogens is 1. The molecular weight excluding hydrogens is 368 g/mol. The van der Waals surface area contributed by atoms with Gasteiger partial charge in [-0.25, -0.2) is 8.42 Å². The molecule has 1 aliphatic rings. The van der Waals surface area contributed by atoms with Gasteiger partial charge < -0.3 is 4.74 Å². The maximum absolute atomic E-state index is 12.5. The lowest BCUT2D eigenvalue weighted by atomic mass is 9.79. The molecule has 1 aromatic rings. The van der Waals surface area contributed by atoms with Gasteiger partial charge >= 0.3 is 5.97 Å². The van der Waals surface area contributed by atoms with Gasteiger partial charge in [0.15, 0.2) is 9.84 Å². The number of sulfone groups is 1. The Morgan fingerprint density at radius 1 is 1.18 bits per heavy atom. The lowest BCUT2D eigenvalue weighted by Crippen LogP contribution is -2.35. The molecule has 0 unspecified atom stereocenters. The molecule has 0 aromatic heterocycles. The van der Waals surface area contributed by atoms with Gasteiger partial charge in [0.25, 0.3) is 0 Å². The van der Waals surface area contributed by atoms with Gasteiger partial charge in [-0.1, -0.05) is 54.9 Å². The highest BCUT2D eigenvalue weighted by Crippen LogP contribution is 2.40. The summed E-state index contributed by atoms with van der Waals surface area (Å²) in [6, 6.07) is 8.24. The summed E-state index contributed by atoms with van der Waals surface area (Å²) in [4.78, 5) is 12.4. The molecule has 22 heavy (non-hydrogen) atoms. The number of rotatable bonds is 4. The number of alkyl halides is 1. The first-order valence-electron chi connectivity index (χ1n) is 7.21. The first-order valence-corrected chi connectivity index (χ1v) is 9.98. The first-order chi connectivity index (χ1) is 10.2. The highest BCUT2D eigenvalue weighted by atomic mass is 79.9. The highest BCUT2D eigenvalue weighted by molar-refractivity contribution is 9.09. The van der Waals surface area contributed by atoms with E-state index in [9.17, 15) is 13.2 Å². The van der Waals surface area contributed by atoms with Crippen molar-refractivity contribution in [3.05, 3.63) is 30.3 Å². The third kappa shape index (κ3) is 3.54. The van der Waals surface area contributed by atoms with Crippen LogP contribution in [-0.2, 0) is 19.4 Å². The molecule has 0 aliphatic carbocycles. The molecule has 1 fully saturated rings. The van der Waals surface area contributed by atoms with E-state index >= 15 is 0 Å². The highest BCUT2D eigenvalue weighted by Gasteiger charge is 2.50. The standard InChI is InChI=1S/C16H21BrO4S/c1-16(2,3)14-12(9-17)13(15(18)21-14)10-22(19,20)11-7-5-4-6-8-11/h4-8,12-14H,9-10H2,1-3H3/t12-,13-,14-/m1/s1. The summed E-state index contributed by atoms with van der Waals surface area (Å²) in [6.07, 6.45) is -0.282. The van der Waals surface area contributed by atoms with Gasteiger partial charge in [0.1, 0.15) is 6.10 Å². The number of carbonyl (C=O) groups is 1. The van der Waals surface area contributed by atoms with Crippen molar-refractivity contribution in [2.45, 2.75) is 31.8 Å². The zero-order chi connectivity index (χ0) is 16.5. The molecule has 0 saturated carbocycles. The van der Waals surface area contributed by atoms with Gasteiger partial charge in [0, 0.05) is 11.2 Å². The van der Waals surface area contributed by atoms with Crippen LogP contribution < -0.4 is 0 Å². The van der Waals surface area contributed by atoms with Gasteiger partial charge in [-0.15, -0.1) is 0 Å². The van der Waals surface area contributed by atoms with Gasteiger partial charge in [-0.2, -0.15) is 0 Å². The minimum absolute atomic E-state index is 0.147. The molecular formula is C16H21BrO4S. The minimum atomic E-state index is -3.51. The number of benzene rings is 1. The second-order valence-electron chi connectivity index (χ2n) is 6.74. The molecule has 3 atom stereocenters. The van der Waals surface area contributed by atoms with Crippen LogP contribution in [0.3, 0.4) is 0 Å². The Balaban J connectivity index is 2.27. The van der Waals surface area contributed by atoms with Gasteiger partial charge in [0.05, 0.1) is 16.6 Å². The van der Waals surface area contributed by atoms with E-state index in [4.69, 9.17) is 4.74 Å². The van der Waals surface area contributed by atoms with Crippen molar-refractivity contribution in [3.8, 4) is 0 Å². The molecule has 1 aliphatic heterocycles. The third-order valence-corrected chi connectivity index (χ3v) is 6.52. The molecule has 122 valence electrons. The topological polar surface area (TPSA) is 60.4 Å². The number of hydrogen-bond donors (Lipinski definition) is 0. The molecule has 0 radical (unpaired) electrons. The van der Waals surface area contributed by atoms with E-state index < -0.39 is 21.7 Å². The Bertz CT molecular complexity index is 634. The van der Waals surface area contributed by atoms with Gasteiger partial charge in [0.2, 0.25) is 0 Å². The minimum Gasteiger partial charge on any atom is -0.461 e. The largest absolute Gasteiger partial charge is 0.461 e. The molecule has 2 rings (SSSR count). The molecule has 4 nitrogen and oxygen atoms in total. The molecule has 0 N–H and O–H groups in total. The van der Waals surface area contributed by atoms with E-state index in [1.165, 1.54) is 0 Å². The van der Waals surface area contributed by atoms with Crippen LogP contribution in [-0.4, -0.2) is 31.6 Å². The smallest absolute Gasteiger partial charge is 0.310 e. The molecule has 1 saturated heterocycles. The predicted octanol–water partition coefficient (Wildman–Crippen LogP) is 3.06. The summed E-state index contributed by atoms with van der Waals surface area (Å²) in [7, 11) is -3.51. The van der Waals surface area contributed by atoms with Crippen LogP contribution in [0, 0.1) is 17.3 Å². The van der Waals surface area contributed by atoms with Crippen LogP contribution in [0.25, 0.3) is 0 Å². The lowest BCUT2D eigenvalue weighted by Gasteiger charge is -2.30. The number of carbonyl (C=O) groups excluding carboxylic acids is 1. The Kier molecular flexibility index (Phi) is 5.02. The zero-order valence-corrected chi connectivity index (χ0v) is 15.4. The SMILES string of the molecule is CC(C)(C)[C@@H]1OC(=O)[C@H](CS(=O)(=O)c2ccccc2)[C@H]1CBr. The van der Waals surface area contributed by atoms with E-state index in [2.05, 4.69) is 15.9 Å². The van der Waals surface area contributed by atoms with E-state index in [-0.39, 0.29) is 28.1 Å². The van der Waals surface area contributed by atoms with Crippen LogP contribution in [0.1, 0.15) is 20.8 Å². The summed E-state index contributed by atoms with van der Waals surface area (Å²) < 4.78 is 30.5. The van der Waals surface area contributed by atoms with E-state index in [1.807, 2.05) is 20.8 Å². The average molecular weight is 389 g/mol. The summed E-state index contributed by atoms with van der Waals surface area (Å²) in [5.41, 5.74) is -0.223. The van der Waals surface area contributed by atoms with Gasteiger partial charge in [-0.05, 0) is 17.5 Å². The maximum Gasteiger partial charge on any atom is 0.310 e. The molecule has 0 amide bonds. The molecule has 6 heteroatoms. The second kappa shape index (κ2) is 6.32. The van der Waals surface area contributed by atoms with Crippen molar-refractivity contribution in [2.24, 2.45) is 17.3 Å². The summed E-state index contributed by atoms with van der Waals surface area (Å²) in [6.45, 7) is 5.98. The van der Waals surface area contributed by atoms with Crippen LogP contribution in [0.15, 0.2) is 35.2 Å². The maximum atomic E-state index is 12.5. The monoisotopic (exact) mass is 388 g/mol. The third-order valence-electron chi connectivity index (χ3n) is 3.98. The number of esters is 1. The van der Waals surface area contributed by atoms with Crippen molar-refractivity contribution in [1.29, 1.82) is 0 Å². The van der Waals surface area contributed by atoms with Crippen molar-refractivity contribution in [2.75, 3.05) is 11.1 Å². The van der Waals surface area contributed by atoms with Crippen LogP contribution in [0.4, 0.5) is 0 Å².